The Morgan fingerprint density at radius 3 is 2.29 bits per heavy atom. The molecule has 1 rings (SSSR count). The predicted octanol–water partition coefficient (Wildman–Crippen LogP) is -0.305. The molecule has 1 aliphatic rings. The summed E-state index contributed by atoms with van der Waals surface area (Å²) in [6, 6.07) is 1.05. The van der Waals surface area contributed by atoms with Crippen LogP contribution in [0.15, 0.2) is 0 Å². The molecule has 0 aromatic heterocycles. The highest BCUT2D eigenvalue weighted by molar-refractivity contribution is 4.88. The molecule has 0 heterocycles. The van der Waals surface area contributed by atoms with E-state index in [0.29, 0.717) is 12.1 Å². The number of nitrogens with two attached hydrogens (primary N) is 1. The van der Waals surface area contributed by atoms with Gasteiger partial charge in [0.05, 0.1) is 0 Å². The lowest BCUT2D eigenvalue weighted by Crippen LogP contribution is -2.51. The first-order valence-electron chi connectivity index (χ1n) is 2.77. The molecule has 1 saturated carbocycles. The fourth-order valence-electron chi connectivity index (χ4n) is 0.884. The Labute approximate surface area is 44.1 Å². The van der Waals surface area contributed by atoms with Gasteiger partial charge in [0, 0.05) is 12.1 Å². The molecule has 3 N–H and O–H groups in total. The second kappa shape index (κ2) is 1.80. The standard InChI is InChI=1S/C5H12N2/c1-7-5-3-2-4(5)6/h4-5,7H,2-3,6H2,1H3. The van der Waals surface area contributed by atoms with Gasteiger partial charge in [0.2, 0.25) is 0 Å². The molecular formula is C5H12N2. The minimum absolute atomic E-state index is 0.435. The summed E-state index contributed by atoms with van der Waals surface area (Å²) in [6.45, 7) is 0. The van der Waals surface area contributed by atoms with Crippen molar-refractivity contribution in [1.29, 1.82) is 0 Å². The van der Waals surface area contributed by atoms with Gasteiger partial charge in [-0.1, -0.05) is 0 Å². The molecule has 2 nitrogen and oxygen atoms in total. The molecule has 0 spiro atoms. The summed E-state index contributed by atoms with van der Waals surface area (Å²) in [7, 11) is 1.96. The van der Waals surface area contributed by atoms with Crippen LogP contribution in [0.4, 0.5) is 0 Å². The Kier molecular flexibility index (Phi) is 1.30. The van der Waals surface area contributed by atoms with Crippen molar-refractivity contribution in [2.75, 3.05) is 7.05 Å². The monoisotopic (exact) mass is 100 g/mol. The van der Waals surface area contributed by atoms with Crippen molar-refractivity contribution in [2.45, 2.75) is 24.9 Å². The molecule has 1 fully saturated rings. The molecule has 2 unspecified atom stereocenters. The second-order valence-corrected chi connectivity index (χ2v) is 2.14. The van der Waals surface area contributed by atoms with Gasteiger partial charge < -0.3 is 11.1 Å². The zero-order valence-electron chi connectivity index (χ0n) is 4.65. The van der Waals surface area contributed by atoms with Crippen LogP contribution in [0.2, 0.25) is 0 Å². The Morgan fingerprint density at radius 2 is 2.29 bits per heavy atom. The average Bonchev–Trinajstić information content (AvgIpc) is 1.65. The summed E-state index contributed by atoms with van der Waals surface area (Å²) in [6.07, 6.45) is 2.46. The van der Waals surface area contributed by atoms with E-state index >= 15 is 0 Å². The van der Waals surface area contributed by atoms with Gasteiger partial charge >= 0.3 is 0 Å². The van der Waals surface area contributed by atoms with Crippen LogP contribution in [-0.2, 0) is 0 Å². The van der Waals surface area contributed by atoms with Crippen molar-refractivity contribution in [3.63, 3.8) is 0 Å². The van der Waals surface area contributed by atoms with Crippen LogP contribution >= 0.6 is 0 Å². The molecule has 42 valence electrons. The summed E-state index contributed by atoms with van der Waals surface area (Å²) in [5, 5.41) is 3.13. The Bertz CT molecular complexity index is 61.1. The van der Waals surface area contributed by atoms with Gasteiger partial charge in [-0.2, -0.15) is 0 Å². The van der Waals surface area contributed by atoms with E-state index in [0.717, 1.165) is 0 Å². The number of hydrogen-bond acceptors (Lipinski definition) is 2. The van der Waals surface area contributed by atoms with Crippen molar-refractivity contribution >= 4 is 0 Å². The van der Waals surface area contributed by atoms with E-state index < -0.39 is 0 Å². The van der Waals surface area contributed by atoms with E-state index in [9.17, 15) is 0 Å². The third-order valence-corrected chi connectivity index (χ3v) is 1.70. The Hall–Kier alpha value is -0.0800. The average molecular weight is 100 g/mol. The summed E-state index contributed by atoms with van der Waals surface area (Å²) in [4.78, 5) is 0. The van der Waals surface area contributed by atoms with E-state index in [-0.39, 0.29) is 0 Å². The topological polar surface area (TPSA) is 38.0 Å². The van der Waals surface area contributed by atoms with Gasteiger partial charge in [-0.25, -0.2) is 0 Å². The van der Waals surface area contributed by atoms with E-state index in [1.54, 1.807) is 0 Å². The second-order valence-electron chi connectivity index (χ2n) is 2.14. The van der Waals surface area contributed by atoms with Crippen molar-refractivity contribution < 1.29 is 0 Å². The molecule has 0 aliphatic heterocycles. The smallest absolute Gasteiger partial charge is 0.0216 e. The first kappa shape index (κ1) is 5.06. The van der Waals surface area contributed by atoms with Gasteiger partial charge in [-0.05, 0) is 19.9 Å². The molecule has 0 amide bonds. The highest BCUT2D eigenvalue weighted by atomic mass is 14.9. The molecular weight excluding hydrogens is 88.1 g/mol. The van der Waals surface area contributed by atoms with Gasteiger partial charge in [-0.15, -0.1) is 0 Å². The zero-order chi connectivity index (χ0) is 5.28. The number of likely N-dealkylation sites (N-methyl/N-ethyl adjacent to an activating group) is 1. The highest BCUT2D eigenvalue weighted by Crippen LogP contribution is 2.15. The molecule has 0 bridgehead atoms. The molecule has 1 aliphatic carbocycles. The van der Waals surface area contributed by atoms with E-state index in [2.05, 4.69) is 5.32 Å². The lowest BCUT2D eigenvalue weighted by atomic mass is 9.88. The SMILES string of the molecule is CNC1CCC1N. The summed E-state index contributed by atoms with van der Waals surface area (Å²) in [5.74, 6) is 0. The maximum absolute atomic E-state index is 5.57. The predicted molar refractivity (Wildman–Crippen MR) is 30.1 cm³/mol. The fraction of sp³-hybridized carbons (Fsp3) is 1.00. The third-order valence-electron chi connectivity index (χ3n) is 1.70. The molecule has 2 atom stereocenters. The van der Waals surface area contributed by atoms with E-state index in [1.165, 1.54) is 12.8 Å². The zero-order valence-corrected chi connectivity index (χ0v) is 4.65. The minimum atomic E-state index is 0.435. The van der Waals surface area contributed by atoms with Gasteiger partial charge in [0.1, 0.15) is 0 Å². The van der Waals surface area contributed by atoms with Crippen LogP contribution in [0.25, 0.3) is 0 Å². The Balaban J connectivity index is 2.16. The quantitative estimate of drug-likeness (QED) is 0.474. The lowest BCUT2D eigenvalue weighted by molar-refractivity contribution is 0.302. The summed E-state index contributed by atoms with van der Waals surface area (Å²) >= 11 is 0. The van der Waals surface area contributed by atoms with Gasteiger partial charge in [0.15, 0.2) is 0 Å². The number of hydrogen-bond donors (Lipinski definition) is 2. The van der Waals surface area contributed by atoms with Crippen molar-refractivity contribution in [3.05, 3.63) is 0 Å². The van der Waals surface area contributed by atoms with Crippen molar-refractivity contribution in [3.8, 4) is 0 Å². The summed E-state index contributed by atoms with van der Waals surface area (Å²) in [5.41, 5.74) is 5.57. The van der Waals surface area contributed by atoms with E-state index in [4.69, 9.17) is 5.73 Å². The van der Waals surface area contributed by atoms with Crippen LogP contribution < -0.4 is 11.1 Å². The first-order valence-corrected chi connectivity index (χ1v) is 2.77. The molecule has 2 heteroatoms. The Morgan fingerprint density at radius 1 is 1.57 bits per heavy atom. The van der Waals surface area contributed by atoms with Crippen LogP contribution in [0, 0.1) is 0 Å². The highest BCUT2D eigenvalue weighted by Gasteiger charge is 2.24. The molecule has 0 saturated heterocycles. The molecule has 0 radical (unpaired) electrons. The maximum atomic E-state index is 5.57. The van der Waals surface area contributed by atoms with Gasteiger partial charge in [-0.3, -0.25) is 0 Å². The van der Waals surface area contributed by atoms with Crippen molar-refractivity contribution in [2.24, 2.45) is 5.73 Å². The van der Waals surface area contributed by atoms with Gasteiger partial charge in [0.25, 0.3) is 0 Å². The fourth-order valence-corrected chi connectivity index (χ4v) is 0.884. The largest absolute Gasteiger partial charge is 0.326 e. The normalized spacial score (nSPS) is 40.3. The van der Waals surface area contributed by atoms with E-state index in [1.807, 2.05) is 7.05 Å². The third kappa shape index (κ3) is 0.763. The minimum Gasteiger partial charge on any atom is -0.326 e. The number of rotatable bonds is 1. The van der Waals surface area contributed by atoms with Crippen LogP contribution in [0.3, 0.4) is 0 Å². The molecule has 0 aromatic rings. The molecule has 7 heavy (non-hydrogen) atoms. The maximum Gasteiger partial charge on any atom is 0.0216 e. The van der Waals surface area contributed by atoms with Crippen LogP contribution in [0.5, 0.6) is 0 Å². The lowest BCUT2D eigenvalue weighted by Gasteiger charge is -2.32. The van der Waals surface area contributed by atoms with Crippen LogP contribution in [-0.4, -0.2) is 19.1 Å². The van der Waals surface area contributed by atoms with Crippen molar-refractivity contribution in [1.82, 2.24) is 5.32 Å². The first-order chi connectivity index (χ1) is 3.34. The summed E-state index contributed by atoms with van der Waals surface area (Å²) < 4.78 is 0. The molecule has 0 aromatic carbocycles. The van der Waals surface area contributed by atoms with Crippen LogP contribution in [0.1, 0.15) is 12.8 Å². The number of nitrogens with one attached hydrogen (secondary N) is 1.